The maximum Gasteiger partial charge on any atom is 0.270 e. The molecule has 198 valence electrons. The average Bonchev–Trinajstić information content (AvgIpc) is 3.40. The van der Waals surface area contributed by atoms with Gasteiger partial charge in [0.2, 0.25) is 0 Å². The Morgan fingerprint density at radius 2 is 1.58 bits per heavy atom. The minimum Gasteiger partial charge on any atom is -0.489 e. The van der Waals surface area contributed by atoms with Crippen LogP contribution in [0.25, 0.3) is 0 Å². The summed E-state index contributed by atoms with van der Waals surface area (Å²) in [5.74, 6) is -0.410. The number of amides is 2. The first-order valence-corrected chi connectivity index (χ1v) is 12.9. The Hall–Kier alpha value is -3.85. The number of rotatable bonds is 7. The van der Waals surface area contributed by atoms with Gasteiger partial charge in [0.05, 0.1) is 12.1 Å². The number of aromatic nitrogens is 1. The molecule has 0 saturated carbocycles. The largest absolute Gasteiger partial charge is 0.489 e. The fourth-order valence-corrected chi connectivity index (χ4v) is 4.89. The number of benzene rings is 2. The molecule has 0 spiro atoms. The molecule has 3 heterocycles. The number of nitrogens with zero attached hydrogens (tertiary/aromatic N) is 3. The van der Waals surface area contributed by atoms with Gasteiger partial charge in [0, 0.05) is 44.8 Å². The van der Waals surface area contributed by atoms with Crippen LogP contribution in [0.4, 0.5) is 8.78 Å². The van der Waals surface area contributed by atoms with Crippen molar-refractivity contribution in [2.75, 3.05) is 26.2 Å². The van der Waals surface area contributed by atoms with E-state index in [9.17, 15) is 18.4 Å². The van der Waals surface area contributed by atoms with E-state index in [1.807, 2.05) is 0 Å². The molecule has 2 aliphatic rings. The zero-order valence-electron chi connectivity index (χ0n) is 21.0. The molecule has 0 radical (unpaired) electrons. The SMILES string of the molecule is O=C(NC1CCN(Cc2ccc(F)cc2)CC1)c1ccc(C(=O)N2CCC(Oc3ccc(F)cc3)C2)cn1. The molecule has 1 aromatic heterocycles. The number of nitrogens with one attached hydrogen (secondary N) is 1. The van der Waals surface area contributed by atoms with Crippen LogP contribution < -0.4 is 10.1 Å². The Morgan fingerprint density at radius 3 is 2.24 bits per heavy atom. The van der Waals surface area contributed by atoms with Gasteiger partial charge in [-0.15, -0.1) is 0 Å². The highest BCUT2D eigenvalue weighted by molar-refractivity contribution is 5.96. The third kappa shape index (κ3) is 6.52. The molecule has 5 rings (SSSR count). The van der Waals surface area contributed by atoms with Gasteiger partial charge in [-0.05, 0) is 66.9 Å². The number of carbonyl (C=O) groups is 2. The third-order valence-corrected chi connectivity index (χ3v) is 7.03. The monoisotopic (exact) mass is 520 g/mol. The first kappa shape index (κ1) is 25.8. The van der Waals surface area contributed by atoms with Crippen LogP contribution in [0.2, 0.25) is 0 Å². The summed E-state index contributed by atoms with van der Waals surface area (Å²) in [6.45, 7) is 3.41. The predicted molar refractivity (Wildman–Crippen MR) is 138 cm³/mol. The normalized spacial score (nSPS) is 18.4. The molecule has 9 heteroatoms. The van der Waals surface area contributed by atoms with Gasteiger partial charge in [0.15, 0.2) is 0 Å². The standard InChI is InChI=1S/C29H30F2N4O3/c30-22-4-1-20(2-5-22)18-34-14-11-24(12-15-34)33-28(36)27-10-3-21(17-32-27)29(37)35-16-13-26(19-35)38-25-8-6-23(31)7-9-25/h1-10,17,24,26H,11-16,18-19H2,(H,33,36). The van der Waals surface area contributed by atoms with Crippen LogP contribution in [-0.4, -0.2) is 64.9 Å². The van der Waals surface area contributed by atoms with Crippen molar-refractivity contribution in [3.63, 3.8) is 0 Å². The van der Waals surface area contributed by atoms with Gasteiger partial charge in [0.25, 0.3) is 11.8 Å². The Morgan fingerprint density at radius 1 is 0.895 bits per heavy atom. The van der Waals surface area contributed by atoms with Gasteiger partial charge in [-0.2, -0.15) is 0 Å². The van der Waals surface area contributed by atoms with Crippen LogP contribution >= 0.6 is 0 Å². The molecule has 2 aliphatic heterocycles. The maximum atomic E-state index is 13.1. The Kier molecular flexibility index (Phi) is 7.93. The van der Waals surface area contributed by atoms with E-state index in [-0.39, 0.29) is 41.3 Å². The second-order valence-corrected chi connectivity index (χ2v) is 9.82. The second-order valence-electron chi connectivity index (χ2n) is 9.82. The van der Waals surface area contributed by atoms with Crippen molar-refractivity contribution >= 4 is 11.8 Å². The zero-order valence-corrected chi connectivity index (χ0v) is 21.0. The first-order chi connectivity index (χ1) is 18.4. The quantitative estimate of drug-likeness (QED) is 0.509. The summed E-state index contributed by atoms with van der Waals surface area (Å²) in [6.07, 6.45) is 3.60. The van der Waals surface area contributed by atoms with E-state index in [1.165, 1.54) is 30.5 Å². The predicted octanol–water partition coefficient (Wildman–Crippen LogP) is 4.05. The minimum atomic E-state index is -0.325. The van der Waals surface area contributed by atoms with Crippen molar-refractivity contribution in [3.8, 4) is 5.75 Å². The minimum absolute atomic E-state index is 0.0534. The number of hydrogen-bond donors (Lipinski definition) is 1. The van der Waals surface area contributed by atoms with E-state index in [2.05, 4.69) is 15.2 Å². The van der Waals surface area contributed by atoms with Gasteiger partial charge < -0.3 is 15.0 Å². The van der Waals surface area contributed by atoms with Crippen LogP contribution in [0, 0.1) is 11.6 Å². The molecule has 0 aliphatic carbocycles. The van der Waals surface area contributed by atoms with E-state index in [1.54, 1.807) is 41.3 Å². The number of carbonyl (C=O) groups excluding carboxylic acids is 2. The van der Waals surface area contributed by atoms with Crippen LogP contribution in [0.5, 0.6) is 5.75 Å². The van der Waals surface area contributed by atoms with Gasteiger partial charge in [0.1, 0.15) is 29.2 Å². The lowest BCUT2D eigenvalue weighted by molar-refractivity contribution is 0.0770. The molecule has 0 bridgehead atoms. The molecule has 2 aromatic carbocycles. The van der Waals surface area contributed by atoms with Gasteiger partial charge in [-0.25, -0.2) is 8.78 Å². The molecule has 38 heavy (non-hydrogen) atoms. The number of ether oxygens (including phenoxy) is 1. The van der Waals surface area contributed by atoms with Crippen LogP contribution in [0.1, 0.15) is 45.7 Å². The summed E-state index contributed by atoms with van der Waals surface area (Å²) in [4.78, 5) is 33.9. The van der Waals surface area contributed by atoms with Gasteiger partial charge >= 0.3 is 0 Å². The van der Waals surface area contributed by atoms with E-state index in [4.69, 9.17) is 4.74 Å². The smallest absolute Gasteiger partial charge is 0.270 e. The van der Waals surface area contributed by atoms with E-state index < -0.39 is 0 Å². The fourth-order valence-electron chi connectivity index (χ4n) is 4.89. The van der Waals surface area contributed by atoms with Crippen molar-refractivity contribution in [1.29, 1.82) is 0 Å². The van der Waals surface area contributed by atoms with Crippen molar-refractivity contribution in [2.24, 2.45) is 0 Å². The molecule has 3 aromatic rings. The van der Waals surface area contributed by atoms with Crippen LogP contribution in [-0.2, 0) is 6.54 Å². The summed E-state index contributed by atoms with van der Waals surface area (Å²) in [7, 11) is 0. The Balaban J connectivity index is 1.07. The fraction of sp³-hybridized carbons (Fsp3) is 0.345. The van der Waals surface area contributed by atoms with E-state index in [0.29, 0.717) is 30.8 Å². The molecule has 1 N–H and O–H groups in total. The van der Waals surface area contributed by atoms with E-state index in [0.717, 1.165) is 38.0 Å². The number of halogens is 2. The molecule has 2 amide bonds. The number of pyridine rings is 1. The maximum absolute atomic E-state index is 13.1. The highest BCUT2D eigenvalue weighted by Gasteiger charge is 2.29. The van der Waals surface area contributed by atoms with Crippen molar-refractivity contribution in [2.45, 2.75) is 38.0 Å². The van der Waals surface area contributed by atoms with Crippen molar-refractivity contribution in [3.05, 3.63) is 95.3 Å². The van der Waals surface area contributed by atoms with Crippen molar-refractivity contribution in [1.82, 2.24) is 20.1 Å². The van der Waals surface area contributed by atoms with E-state index >= 15 is 0 Å². The summed E-state index contributed by atoms with van der Waals surface area (Å²) >= 11 is 0. The molecule has 7 nitrogen and oxygen atoms in total. The second kappa shape index (κ2) is 11.7. The lowest BCUT2D eigenvalue weighted by atomic mass is 10.0. The molecule has 2 fully saturated rings. The number of piperidine rings is 1. The lowest BCUT2D eigenvalue weighted by Crippen LogP contribution is -2.44. The third-order valence-electron chi connectivity index (χ3n) is 7.03. The zero-order chi connectivity index (χ0) is 26.5. The van der Waals surface area contributed by atoms with Crippen LogP contribution in [0.3, 0.4) is 0 Å². The number of likely N-dealkylation sites (tertiary alicyclic amines) is 2. The Labute approximate surface area is 220 Å². The first-order valence-electron chi connectivity index (χ1n) is 12.9. The summed E-state index contributed by atoms with van der Waals surface area (Å²) in [5, 5.41) is 3.05. The molecule has 1 atom stereocenters. The molecule has 1 unspecified atom stereocenters. The van der Waals surface area contributed by atoms with Gasteiger partial charge in [-0.3, -0.25) is 19.5 Å². The average molecular weight is 521 g/mol. The Bertz CT molecular complexity index is 1240. The highest BCUT2D eigenvalue weighted by Crippen LogP contribution is 2.21. The summed E-state index contributed by atoms with van der Waals surface area (Å²) in [5.41, 5.74) is 1.75. The molecule has 2 saturated heterocycles. The number of hydrogen-bond acceptors (Lipinski definition) is 5. The van der Waals surface area contributed by atoms with Crippen molar-refractivity contribution < 1.29 is 23.1 Å². The lowest BCUT2D eigenvalue weighted by Gasteiger charge is -2.32. The summed E-state index contributed by atoms with van der Waals surface area (Å²) < 4.78 is 32.1. The molecular formula is C29H30F2N4O3. The van der Waals surface area contributed by atoms with Crippen LogP contribution in [0.15, 0.2) is 66.9 Å². The summed E-state index contributed by atoms with van der Waals surface area (Å²) in [6, 6.07) is 15.6. The molecular weight excluding hydrogens is 490 g/mol. The highest BCUT2D eigenvalue weighted by atomic mass is 19.1. The van der Waals surface area contributed by atoms with Gasteiger partial charge in [-0.1, -0.05) is 12.1 Å². The topological polar surface area (TPSA) is 74.8 Å².